The monoisotopic (exact) mass is 402 g/mol. The smallest absolute Gasteiger partial charge is 0.325 e. The van der Waals surface area contributed by atoms with Crippen LogP contribution in [-0.4, -0.2) is 37.5 Å². The number of hydrogen-bond acceptors (Lipinski definition) is 4. The van der Waals surface area contributed by atoms with Crippen LogP contribution in [0.1, 0.15) is 27.0 Å². The first-order chi connectivity index (χ1) is 13.3. The fourth-order valence-electron chi connectivity index (χ4n) is 2.38. The number of ether oxygens (including phenoxy) is 1. The third-order valence-electron chi connectivity index (χ3n) is 4.18. The first-order valence-corrected chi connectivity index (χ1v) is 9.25. The van der Waals surface area contributed by atoms with E-state index in [1.54, 1.807) is 24.3 Å². The highest BCUT2D eigenvalue weighted by Crippen LogP contribution is 2.10. The zero-order valence-corrected chi connectivity index (χ0v) is 16.6. The van der Waals surface area contributed by atoms with Crippen LogP contribution in [0.15, 0.2) is 42.5 Å². The Morgan fingerprint density at radius 3 is 2.36 bits per heavy atom. The van der Waals surface area contributed by atoms with Crippen molar-refractivity contribution in [3.8, 4) is 0 Å². The van der Waals surface area contributed by atoms with Crippen molar-refractivity contribution in [3.05, 3.63) is 69.7 Å². The van der Waals surface area contributed by atoms with E-state index in [0.29, 0.717) is 23.6 Å². The third-order valence-corrected chi connectivity index (χ3v) is 4.43. The summed E-state index contributed by atoms with van der Waals surface area (Å²) in [6, 6.07) is 12.6. The standard InChI is InChI=1S/C21H23ClN2O4/c1-14-3-6-17(11-15(14)2)21(27)24-12-20(26)28-13-19(25)23-10-9-16-4-7-18(22)8-5-16/h3-8,11H,9-10,12-13H2,1-2H3,(H,23,25)(H,24,27). The van der Waals surface area contributed by atoms with Crippen LogP contribution in [0.5, 0.6) is 0 Å². The van der Waals surface area contributed by atoms with Crippen LogP contribution in [0, 0.1) is 13.8 Å². The molecular formula is C21H23ClN2O4. The first-order valence-electron chi connectivity index (χ1n) is 8.87. The number of benzene rings is 2. The van der Waals surface area contributed by atoms with Crippen LogP contribution in [0.25, 0.3) is 0 Å². The second-order valence-electron chi connectivity index (χ2n) is 6.37. The molecule has 0 aliphatic heterocycles. The van der Waals surface area contributed by atoms with Crippen LogP contribution in [0.2, 0.25) is 5.02 Å². The predicted molar refractivity (Wildman–Crippen MR) is 107 cm³/mol. The lowest BCUT2D eigenvalue weighted by molar-refractivity contribution is -0.147. The fraction of sp³-hybridized carbons (Fsp3) is 0.286. The SMILES string of the molecule is Cc1ccc(C(=O)NCC(=O)OCC(=O)NCCc2ccc(Cl)cc2)cc1C. The van der Waals surface area contributed by atoms with Crippen LogP contribution in [0.4, 0.5) is 0 Å². The van der Waals surface area contributed by atoms with Crippen molar-refractivity contribution in [2.45, 2.75) is 20.3 Å². The van der Waals surface area contributed by atoms with E-state index in [1.807, 2.05) is 32.0 Å². The van der Waals surface area contributed by atoms with Crippen LogP contribution < -0.4 is 10.6 Å². The molecule has 2 N–H and O–H groups in total. The molecule has 7 heteroatoms. The second kappa shape index (κ2) is 10.5. The van der Waals surface area contributed by atoms with Gasteiger partial charge in [-0.15, -0.1) is 0 Å². The number of hydrogen-bond donors (Lipinski definition) is 2. The average molecular weight is 403 g/mol. The molecule has 0 saturated carbocycles. The molecule has 0 aromatic heterocycles. The number of esters is 1. The topological polar surface area (TPSA) is 84.5 Å². The molecule has 28 heavy (non-hydrogen) atoms. The van der Waals surface area contributed by atoms with Crippen molar-refractivity contribution in [1.82, 2.24) is 10.6 Å². The molecule has 2 aromatic rings. The van der Waals surface area contributed by atoms with Gasteiger partial charge in [0.05, 0.1) is 0 Å². The summed E-state index contributed by atoms with van der Waals surface area (Å²) >= 11 is 5.82. The fourth-order valence-corrected chi connectivity index (χ4v) is 2.51. The largest absolute Gasteiger partial charge is 0.454 e. The van der Waals surface area contributed by atoms with Gasteiger partial charge in [0.1, 0.15) is 6.54 Å². The molecule has 0 heterocycles. The van der Waals surface area contributed by atoms with E-state index in [-0.39, 0.29) is 19.1 Å². The van der Waals surface area contributed by atoms with Gasteiger partial charge in [0.25, 0.3) is 11.8 Å². The van der Waals surface area contributed by atoms with E-state index >= 15 is 0 Å². The molecule has 2 rings (SSSR count). The lowest BCUT2D eigenvalue weighted by Crippen LogP contribution is -2.34. The Hall–Kier alpha value is -2.86. The third kappa shape index (κ3) is 7.04. The van der Waals surface area contributed by atoms with Crippen molar-refractivity contribution in [3.63, 3.8) is 0 Å². The van der Waals surface area contributed by atoms with E-state index in [2.05, 4.69) is 10.6 Å². The zero-order chi connectivity index (χ0) is 20.5. The van der Waals surface area contributed by atoms with Gasteiger partial charge in [-0.05, 0) is 61.2 Å². The van der Waals surface area contributed by atoms with E-state index in [4.69, 9.17) is 16.3 Å². The highest BCUT2D eigenvalue weighted by Gasteiger charge is 2.11. The molecule has 0 atom stereocenters. The Labute approximate surface area is 169 Å². The minimum atomic E-state index is -0.676. The van der Waals surface area contributed by atoms with Crippen molar-refractivity contribution in [2.75, 3.05) is 19.7 Å². The number of rotatable bonds is 8. The summed E-state index contributed by atoms with van der Waals surface area (Å²) in [5.41, 5.74) is 3.58. The molecule has 0 fully saturated rings. The molecule has 0 unspecified atom stereocenters. The van der Waals surface area contributed by atoms with Gasteiger partial charge in [0.15, 0.2) is 6.61 Å². The molecule has 0 aliphatic rings. The maximum atomic E-state index is 12.0. The Morgan fingerprint density at radius 2 is 1.68 bits per heavy atom. The van der Waals surface area contributed by atoms with E-state index in [9.17, 15) is 14.4 Å². The van der Waals surface area contributed by atoms with Crippen LogP contribution >= 0.6 is 11.6 Å². The van der Waals surface area contributed by atoms with E-state index < -0.39 is 11.9 Å². The van der Waals surface area contributed by atoms with Crippen molar-refractivity contribution >= 4 is 29.4 Å². The van der Waals surface area contributed by atoms with Gasteiger partial charge < -0.3 is 15.4 Å². The maximum Gasteiger partial charge on any atom is 0.325 e. The summed E-state index contributed by atoms with van der Waals surface area (Å²) in [5.74, 6) is -1.44. The molecular weight excluding hydrogens is 380 g/mol. The maximum absolute atomic E-state index is 12.0. The second-order valence-corrected chi connectivity index (χ2v) is 6.81. The summed E-state index contributed by atoms with van der Waals surface area (Å²) in [6.07, 6.45) is 0.642. The highest BCUT2D eigenvalue weighted by atomic mass is 35.5. The molecule has 0 aliphatic carbocycles. The van der Waals surface area contributed by atoms with E-state index in [1.165, 1.54) is 0 Å². The normalized spacial score (nSPS) is 10.2. The first kappa shape index (κ1) is 21.4. The van der Waals surface area contributed by atoms with Gasteiger partial charge in [0.2, 0.25) is 0 Å². The Bertz CT molecular complexity index is 850. The highest BCUT2D eigenvalue weighted by molar-refractivity contribution is 6.30. The minimum absolute atomic E-state index is 0.302. The Balaban J connectivity index is 1.64. The summed E-state index contributed by atoms with van der Waals surface area (Å²) in [4.78, 5) is 35.5. The van der Waals surface area contributed by atoms with Crippen molar-refractivity contribution in [1.29, 1.82) is 0 Å². The molecule has 0 radical (unpaired) electrons. The molecule has 0 bridgehead atoms. The van der Waals surface area contributed by atoms with Crippen molar-refractivity contribution < 1.29 is 19.1 Å². The average Bonchev–Trinajstić information content (AvgIpc) is 2.68. The van der Waals surface area contributed by atoms with Gasteiger partial charge in [0, 0.05) is 17.1 Å². The lowest BCUT2D eigenvalue weighted by atomic mass is 10.1. The zero-order valence-electron chi connectivity index (χ0n) is 15.9. The Morgan fingerprint density at radius 1 is 0.964 bits per heavy atom. The van der Waals surface area contributed by atoms with Gasteiger partial charge in [-0.25, -0.2) is 0 Å². The summed E-state index contributed by atoms with van der Waals surface area (Å²) in [5, 5.41) is 5.81. The quantitative estimate of drug-likeness (QED) is 0.665. The van der Waals surface area contributed by atoms with Gasteiger partial charge >= 0.3 is 5.97 Å². The Kier molecular flexibility index (Phi) is 8.02. The molecule has 6 nitrogen and oxygen atoms in total. The number of nitrogens with one attached hydrogen (secondary N) is 2. The van der Waals surface area contributed by atoms with E-state index in [0.717, 1.165) is 16.7 Å². The number of carbonyl (C=O) groups excluding carboxylic acids is 3. The van der Waals surface area contributed by atoms with Gasteiger partial charge in [-0.3, -0.25) is 14.4 Å². The predicted octanol–water partition coefficient (Wildman–Crippen LogP) is 2.59. The number of aryl methyl sites for hydroxylation is 2. The van der Waals surface area contributed by atoms with Crippen LogP contribution in [0.3, 0.4) is 0 Å². The molecule has 0 saturated heterocycles. The molecule has 2 amide bonds. The summed E-state index contributed by atoms with van der Waals surface area (Å²) in [6.45, 7) is 3.59. The number of amides is 2. The minimum Gasteiger partial charge on any atom is -0.454 e. The summed E-state index contributed by atoms with van der Waals surface area (Å²) in [7, 11) is 0. The molecule has 148 valence electrons. The van der Waals surface area contributed by atoms with Gasteiger partial charge in [-0.1, -0.05) is 29.8 Å². The lowest BCUT2D eigenvalue weighted by Gasteiger charge is -2.08. The van der Waals surface area contributed by atoms with Gasteiger partial charge in [-0.2, -0.15) is 0 Å². The van der Waals surface area contributed by atoms with Crippen molar-refractivity contribution in [2.24, 2.45) is 0 Å². The molecule has 0 spiro atoms. The number of carbonyl (C=O) groups is 3. The van der Waals surface area contributed by atoms with Crippen LogP contribution in [-0.2, 0) is 20.7 Å². The summed E-state index contributed by atoms with van der Waals surface area (Å²) < 4.78 is 4.87. The molecule has 2 aromatic carbocycles. The number of halogens is 1.